The van der Waals surface area contributed by atoms with Crippen LogP contribution in [0.2, 0.25) is 0 Å². The minimum absolute atomic E-state index is 0.565. The monoisotopic (exact) mass is 663 g/mol. The van der Waals surface area contributed by atoms with Crippen molar-refractivity contribution in [3.8, 4) is 16.9 Å². The molecule has 3 aromatic carbocycles. The number of aryl methyl sites for hydroxylation is 2. The van der Waals surface area contributed by atoms with Crippen LogP contribution in [0.25, 0.3) is 16.8 Å². The lowest BCUT2D eigenvalue weighted by Crippen LogP contribution is -2.16. The highest BCUT2D eigenvalue weighted by Gasteiger charge is 2.29. The van der Waals surface area contributed by atoms with E-state index in [4.69, 9.17) is 22.1 Å². The van der Waals surface area contributed by atoms with E-state index in [9.17, 15) is 0 Å². The second-order valence-electron chi connectivity index (χ2n) is 9.51. The Morgan fingerprint density at radius 3 is 2.26 bits per heavy atom. The minimum atomic E-state index is 0.565. The standard InChI is InChI=1S/C30H27Br2N5OS/c1-38-24-15-5-19(6-16-24)27-25-4-2-3-17-36-30(25)37(26(35-36)18-33-22-11-7-20(31)8-12-22)28(27)29(39)34-23-13-9-21(32)10-14-23/h5-16,33H,2-4,17-18H2,1H3,(H,34,39). The molecule has 0 aliphatic carbocycles. The van der Waals surface area contributed by atoms with Crippen molar-refractivity contribution in [1.82, 2.24) is 14.2 Å². The number of ether oxygens (including phenoxy) is 1. The topological polar surface area (TPSA) is 55.5 Å². The molecule has 9 heteroatoms. The molecule has 0 atom stereocenters. The van der Waals surface area contributed by atoms with E-state index in [0.717, 1.165) is 80.2 Å². The number of halogens is 2. The van der Waals surface area contributed by atoms with Gasteiger partial charge in [-0.15, -0.1) is 0 Å². The van der Waals surface area contributed by atoms with E-state index < -0.39 is 0 Å². The normalized spacial score (nSPS) is 12.8. The molecular formula is C30H27Br2N5OS. The second-order valence-corrected chi connectivity index (χ2v) is 11.7. The number of rotatable bonds is 7. The van der Waals surface area contributed by atoms with Gasteiger partial charge in [-0.1, -0.05) is 56.2 Å². The van der Waals surface area contributed by atoms with E-state index in [2.05, 4.69) is 75.8 Å². The van der Waals surface area contributed by atoms with Gasteiger partial charge in [-0.25, -0.2) is 4.68 Å². The molecule has 2 N–H and O–H groups in total. The lowest BCUT2D eigenvalue weighted by Gasteiger charge is -2.14. The smallest absolute Gasteiger partial charge is 0.155 e. The number of hydrogen-bond acceptors (Lipinski definition) is 4. The maximum Gasteiger partial charge on any atom is 0.155 e. The van der Waals surface area contributed by atoms with Crippen LogP contribution in [-0.4, -0.2) is 26.3 Å². The van der Waals surface area contributed by atoms with Crippen molar-refractivity contribution < 1.29 is 4.74 Å². The molecule has 0 spiro atoms. The summed E-state index contributed by atoms with van der Waals surface area (Å²) >= 11 is 13.2. The first-order valence-corrected chi connectivity index (χ1v) is 14.8. The van der Waals surface area contributed by atoms with Gasteiger partial charge in [0.1, 0.15) is 16.4 Å². The van der Waals surface area contributed by atoms with Gasteiger partial charge < -0.3 is 15.4 Å². The maximum absolute atomic E-state index is 6.14. The Balaban J connectivity index is 1.51. The van der Waals surface area contributed by atoms with E-state index >= 15 is 0 Å². The van der Waals surface area contributed by atoms with Gasteiger partial charge >= 0.3 is 0 Å². The van der Waals surface area contributed by atoms with E-state index in [-0.39, 0.29) is 0 Å². The van der Waals surface area contributed by atoms with Crippen molar-refractivity contribution in [3.63, 3.8) is 0 Å². The van der Waals surface area contributed by atoms with Gasteiger partial charge in [0, 0.05) is 38.0 Å². The molecule has 3 heterocycles. The summed E-state index contributed by atoms with van der Waals surface area (Å²) in [6.07, 6.45) is 3.16. The van der Waals surface area contributed by atoms with E-state index in [1.807, 2.05) is 48.5 Å². The van der Waals surface area contributed by atoms with Crippen LogP contribution in [0.3, 0.4) is 0 Å². The van der Waals surface area contributed by atoms with Crippen LogP contribution in [-0.2, 0) is 19.5 Å². The highest BCUT2D eigenvalue weighted by Crippen LogP contribution is 2.38. The molecule has 198 valence electrons. The Hall–Kier alpha value is -3.14. The molecule has 0 saturated heterocycles. The van der Waals surface area contributed by atoms with Gasteiger partial charge in [0.05, 0.1) is 19.3 Å². The summed E-state index contributed by atoms with van der Waals surface area (Å²) < 4.78 is 12.0. The number of benzene rings is 3. The summed E-state index contributed by atoms with van der Waals surface area (Å²) in [6.45, 7) is 1.45. The zero-order valence-electron chi connectivity index (χ0n) is 21.4. The van der Waals surface area contributed by atoms with Gasteiger partial charge in [-0.2, -0.15) is 5.10 Å². The molecule has 0 radical (unpaired) electrons. The van der Waals surface area contributed by atoms with Crippen molar-refractivity contribution in [2.24, 2.45) is 0 Å². The summed E-state index contributed by atoms with van der Waals surface area (Å²) in [6, 6.07) is 24.5. The molecule has 1 aliphatic heterocycles. The van der Waals surface area contributed by atoms with Crippen LogP contribution in [0.4, 0.5) is 11.4 Å². The number of anilines is 2. The number of methoxy groups -OCH3 is 1. The number of nitrogens with zero attached hydrogens (tertiary/aromatic N) is 3. The summed E-state index contributed by atoms with van der Waals surface area (Å²) in [5.74, 6) is 1.75. The molecule has 39 heavy (non-hydrogen) atoms. The number of nitrogens with one attached hydrogen (secondary N) is 2. The fourth-order valence-electron chi connectivity index (χ4n) is 5.19. The third kappa shape index (κ3) is 5.23. The van der Waals surface area contributed by atoms with Crippen LogP contribution in [0.1, 0.15) is 29.9 Å². The van der Waals surface area contributed by atoms with Gasteiger partial charge in [0.15, 0.2) is 5.82 Å². The first-order valence-electron chi connectivity index (χ1n) is 12.9. The fourth-order valence-corrected chi connectivity index (χ4v) is 6.03. The Labute approximate surface area is 249 Å². The first-order chi connectivity index (χ1) is 19.0. The van der Waals surface area contributed by atoms with Crippen LogP contribution < -0.4 is 15.4 Å². The van der Waals surface area contributed by atoms with Crippen LogP contribution >= 0.6 is 44.1 Å². The molecule has 0 saturated carbocycles. The average molecular weight is 665 g/mol. The molecule has 6 rings (SSSR count). The van der Waals surface area contributed by atoms with Gasteiger partial charge in [-0.3, -0.25) is 4.40 Å². The Kier molecular flexibility index (Phi) is 7.47. The highest BCUT2D eigenvalue weighted by atomic mass is 79.9. The molecule has 0 unspecified atom stereocenters. The zero-order chi connectivity index (χ0) is 26.9. The molecule has 1 aliphatic rings. The Morgan fingerprint density at radius 1 is 0.923 bits per heavy atom. The number of hydrogen-bond donors (Lipinski definition) is 2. The predicted octanol–water partition coefficient (Wildman–Crippen LogP) is 8.07. The SMILES string of the molecule is COc1ccc(-c2c3c4n(nc(CNc5ccc(Br)cc5)n4c2C(=S)Nc2ccc(Br)cc2)CCCC3)cc1. The van der Waals surface area contributed by atoms with Crippen molar-refractivity contribution in [1.29, 1.82) is 0 Å². The molecule has 6 nitrogen and oxygen atoms in total. The molecule has 5 aromatic rings. The average Bonchev–Trinajstić information content (AvgIpc) is 3.39. The van der Waals surface area contributed by atoms with Crippen LogP contribution in [0, 0.1) is 0 Å². The third-order valence-electron chi connectivity index (χ3n) is 7.02. The number of aromatic nitrogens is 3. The van der Waals surface area contributed by atoms with E-state index in [1.54, 1.807) is 7.11 Å². The second kappa shape index (κ2) is 11.2. The van der Waals surface area contributed by atoms with Gasteiger partial charge in [0.2, 0.25) is 0 Å². The summed E-state index contributed by atoms with van der Waals surface area (Å²) in [4.78, 5) is 0.661. The quantitative estimate of drug-likeness (QED) is 0.172. The minimum Gasteiger partial charge on any atom is -0.497 e. The highest BCUT2D eigenvalue weighted by molar-refractivity contribution is 9.10. The van der Waals surface area contributed by atoms with Crippen LogP contribution in [0.15, 0.2) is 81.7 Å². The van der Waals surface area contributed by atoms with Crippen molar-refractivity contribution in [2.45, 2.75) is 32.4 Å². The Bertz CT molecular complexity index is 1640. The van der Waals surface area contributed by atoms with Gasteiger partial charge in [0.25, 0.3) is 0 Å². The van der Waals surface area contributed by atoms with E-state index in [0.29, 0.717) is 11.5 Å². The lowest BCUT2D eigenvalue weighted by molar-refractivity contribution is 0.415. The molecular weight excluding hydrogens is 638 g/mol. The molecule has 0 fully saturated rings. The molecule has 0 amide bonds. The van der Waals surface area contributed by atoms with Crippen molar-refractivity contribution >= 4 is 66.1 Å². The summed E-state index contributed by atoms with van der Waals surface area (Å²) in [7, 11) is 1.69. The fraction of sp³-hybridized carbons (Fsp3) is 0.200. The Morgan fingerprint density at radius 2 is 1.59 bits per heavy atom. The summed E-state index contributed by atoms with van der Waals surface area (Å²) in [5, 5.41) is 12.1. The van der Waals surface area contributed by atoms with Crippen molar-refractivity contribution in [2.75, 3.05) is 17.7 Å². The first kappa shape index (κ1) is 26.1. The maximum atomic E-state index is 6.14. The van der Waals surface area contributed by atoms with Crippen LogP contribution in [0.5, 0.6) is 5.75 Å². The molecule has 0 bridgehead atoms. The van der Waals surface area contributed by atoms with Crippen molar-refractivity contribution in [3.05, 3.63) is 98.8 Å². The zero-order valence-corrected chi connectivity index (χ0v) is 25.4. The lowest BCUT2D eigenvalue weighted by atomic mass is 9.98. The third-order valence-corrected chi connectivity index (χ3v) is 8.37. The predicted molar refractivity (Wildman–Crippen MR) is 169 cm³/mol. The number of thiocarbonyl (C=S) groups is 1. The molecule has 2 aromatic heterocycles. The van der Waals surface area contributed by atoms with Gasteiger partial charge in [-0.05, 0) is 85.5 Å². The largest absolute Gasteiger partial charge is 0.497 e. The van der Waals surface area contributed by atoms with E-state index in [1.165, 1.54) is 5.56 Å². The summed E-state index contributed by atoms with van der Waals surface area (Å²) in [5.41, 5.74) is 7.62.